The van der Waals surface area contributed by atoms with Crippen molar-refractivity contribution in [2.24, 2.45) is 10.1 Å². The molecule has 1 aliphatic heterocycles. The first-order chi connectivity index (χ1) is 13.9. The van der Waals surface area contributed by atoms with Gasteiger partial charge in [-0.15, -0.1) is 0 Å². The maximum Gasteiger partial charge on any atom is 0.263 e. The summed E-state index contributed by atoms with van der Waals surface area (Å²) in [6.07, 6.45) is 0.391. The van der Waals surface area contributed by atoms with E-state index >= 15 is 0 Å². The van der Waals surface area contributed by atoms with Crippen LogP contribution in [-0.4, -0.2) is 29.4 Å². The van der Waals surface area contributed by atoms with Crippen molar-refractivity contribution in [1.82, 2.24) is 16.3 Å². The average Bonchev–Trinajstić information content (AvgIpc) is 2.69. The summed E-state index contributed by atoms with van der Waals surface area (Å²) < 4.78 is 0. The number of hydrogen-bond donors (Lipinski definition) is 3. The van der Waals surface area contributed by atoms with E-state index in [1.807, 2.05) is 30.3 Å². The van der Waals surface area contributed by atoms with Gasteiger partial charge in [0.2, 0.25) is 5.91 Å². The number of hydrazone groups is 1. The molecular weight excluding hydrogens is 413 g/mol. The lowest BCUT2D eigenvalue weighted by molar-refractivity contribution is -0.128. The molecule has 2 aromatic rings. The van der Waals surface area contributed by atoms with Crippen LogP contribution in [0.3, 0.4) is 0 Å². The van der Waals surface area contributed by atoms with E-state index in [1.54, 1.807) is 25.1 Å². The molecule has 0 saturated carbocycles. The van der Waals surface area contributed by atoms with Gasteiger partial charge in [0.15, 0.2) is 0 Å². The largest absolute Gasteiger partial charge is 0.285 e. The number of halogens is 2. The number of carbonyl (C=O) groups excluding carboxylic acids is 2. The molecule has 1 unspecified atom stereocenters. The molecule has 1 heterocycles. The zero-order valence-corrected chi connectivity index (χ0v) is 17.1. The van der Waals surface area contributed by atoms with Gasteiger partial charge in [0.1, 0.15) is 11.9 Å². The molecule has 0 aliphatic carbocycles. The van der Waals surface area contributed by atoms with E-state index in [9.17, 15) is 9.59 Å². The summed E-state index contributed by atoms with van der Waals surface area (Å²) in [6, 6.07) is 13.9. The summed E-state index contributed by atoms with van der Waals surface area (Å²) in [5.41, 5.74) is 9.97. The van der Waals surface area contributed by atoms with E-state index in [2.05, 4.69) is 26.4 Å². The van der Waals surface area contributed by atoms with Crippen LogP contribution in [0.1, 0.15) is 24.5 Å². The molecule has 29 heavy (non-hydrogen) atoms. The third kappa shape index (κ3) is 5.79. The number of benzene rings is 2. The van der Waals surface area contributed by atoms with E-state index in [1.165, 1.54) is 0 Å². The van der Waals surface area contributed by atoms with E-state index < -0.39 is 11.9 Å². The fraction of sp³-hybridized carbons (Fsp3) is 0.200. The van der Waals surface area contributed by atoms with Gasteiger partial charge in [-0.2, -0.15) is 5.10 Å². The molecule has 7 nitrogen and oxygen atoms in total. The maximum atomic E-state index is 12.3. The van der Waals surface area contributed by atoms with Crippen molar-refractivity contribution in [2.75, 3.05) is 0 Å². The molecule has 0 bridgehead atoms. The lowest BCUT2D eigenvalue weighted by atomic mass is 10.1. The molecule has 3 rings (SSSR count). The summed E-state index contributed by atoms with van der Waals surface area (Å²) in [7, 11) is 0. The predicted octanol–water partition coefficient (Wildman–Crippen LogP) is 2.87. The highest BCUT2D eigenvalue weighted by Crippen LogP contribution is 2.21. The van der Waals surface area contributed by atoms with Crippen LogP contribution in [-0.2, 0) is 16.0 Å². The molecule has 3 N–H and O–H groups in total. The standard InChI is InChI=1S/C20H19Cl2N5O2/c1-12(15-8-7-14(21)10-16(15)22)24-26-19(28)11-17-20(29)27-25-18(23-17)9-13-5-3-2-4-6-13/h2-8,10,17H,9,11H2,1H3,(H,23,25)(H,26,28)(H,27,29). The van der Waals surface area contributed by atoms with Crippen LogP contribution in [0, 0.1) is 0 Å². The fourth-order valence-corrected chi connectivity index (χ4v) is 3.27. The Morgan fingerprint density at radius 1 is 1.17 bits per heavy atom. The Morgan fingerprint density at radius 3 is 2.66 bits per heavy atom. The Hall–Kier alpha value is -2.90. The smallest absolute Gasteiger partial charge is 0.263 e. The maximum absolute atomic E-state index is 12.3. The van der Waals surface area contributed by atoms with Crippen molar-refractivity contribution in [1.29, 1.82) is 0 Å². The highest BCUT2D eigenvalue weighted by Gasteiger charge is 2.25. The third-order valence-electron chi connectivity index (χ3n) is 4.21. The fourth-order valence-electron chi connectivity index (χ4n) is 2.72. The number of hydrazine groups is 1. The van der Waals surface area contributed by atoms with E-state index in [4.69, 9.17) is 23.2 Å². The van der Waals surface area contributed by atoms with Crippen molar-refractivity contribution < 1.29 is 9.59 Å². The minimum atomic E-state index is -0.829. The average molecular weight is 432 g/mol. The van der Waals surface area contributed by atoms with E-state index in [0.29, 0.717) is 33.6 Å². The first kappa shape index (κ1) is 20.8. The molecule has 0 radical (unpaired) electrons. The summed E-state index contributed by atoms with van der Waals surface area (Å²) in [4.78, 5) is 28.6. The molecule has 0 aromatic heterocycles. The van der Waals surface area contributed by atoms with Gasteiger partial charge in [0, 0.05) is 17.0 Å². The van der Waals surface area contributed by atoms with Crippen LogP contribution < -0.4 is 16.3 Å². The van der Waals surface area contributed by atoms with Crippen molar-refractivity contribution in [3.05, 3.63) is 69.7 Å². The van der Waals surface area contributed by atoms with Crippen LogP contribution >= 0.6 is 23.2 Å². The second-order valence-electron chi connectivity index (χ2n) is 6.43. The number of aliphatic imine (C=N–C) groups is 1. The lowest BCUT2D eigenvalue weighted by Gasteiger charge is -2.21. The number of nitrogens with one attached hydrogen (secondary N) is 3. The molecule has 9 heteroatoms. The second-order valence-corrected chi connectivity index (χ2v) is 7.27. The molecule has 150 valence electrons. The number of carbonyl (C=O) groups is 2. The number of amides is 2. The third-order valence-corrected chi connectivity index (χ3v) is 4.75. The van der Waals surface area contributed by atoms with Gasteiger partial charge >= 0.3 is 0 Å². The highest BCUT2D eigenvalue weighted by molar-refractivity contribution is 6.37. The van der Waals surface area contributed by atoms with E-state index in [-0.39, 0.29) is 12.3 Å². The molecule has 2 amide bonds. The zero-order chi connectivity index (χ0) is 20.8. The Bertz CT molecular complexity index is 976. The summed E-state index contributed by atoms with van der Waals surface area (Å²) >= 11 is 12.0. The molecule has 0 saturated heterocycles. The number of hydrogen-bond acceptors (Lipinski definition) is 5. The van der Waals surface area contributed by atoms with Crippen LogP contribution in [0.15, 0.2) is 58.6 Å². The topological polar surface area (TPSA) is 94.9 Å². The van der Waals surface area contributed by atoms with Gasteiger partial charge in [-0.25, -0.2) is 5.43 Å². The molecule has 0 fully saturated rings. The molecule has 1 aliphatic rings. The summed E-state index contributed by atoms with van der Waals surface area (Å²) in [6.45, 7) is 1.71. The predicted molar refractivity (Wildman–Crippen MR) is 114 cm³/mol. The second kappa shape index (κ2) is 9.54. The van der Waals surface area contributed by atoms with Gasteiger partial charge in [0.25, 0.3) is 5.91 Å². The van der Waals surface area contributed by atoms with Crippen molar-refractivity contribution in [3.63, 3.8) is 0 Å². The zero-order valence-electron chi connectivity index (χ0n) is 15.6. The quantitative estimate of drug-likeness (QED) is 0.484. The lowest BCUT2D eigenvalue weighted by Crippen LogP contribution is -2.52. The summed E-state index contributed by atoms with van der Waals surface area (Å²) in [5.74, 6) is -0.223. The highest BCUT2D eigenvalue weighted by atomic mass is 35.5. The first-order valence-electron chi connectivity index (χ1n) is 8.87. The van der Waals surface area contributed by atoms with Gasteiger partial charge in [-0.1, -0.05) is 59.6 Å². The number of amidine groups is 1. The monoisotopic (exact) mass is 431 g/mol. The van der Waals surface area contributed by atoms with Crippen LogP contribution in [0.5, 0.6) is 0 Å². The van der Waals surface area contributed by atoms with Crippen molar-refractivity contribution >= 4 is 46.6 Å². The normalized spacial score (nSPS) is 16.5. The SMILES string of the molecule is CC(=NNC(=O)CC1N=C(Cc2ccccc2)NNC1=O)c1ccc(Cl)cc1Cl. The van der Waals surface area contributed by atoms with Crippen molar-refractivity contribution in [3.8, 4) is 0 Å². The first-order valence-corrected chi connectivity index (χ1v) is 9.63. The van der Waals surface area contributed by atoms with Crippen LogP contribution in [0.2, 0.25) is 10.0 Å². The van der Waals surface area contributed by atoms with Crippen LogP contribution in [0.25, 0.3) is 0 Å². The summed E-state index contributed by atoms with van der Waals surface area (Å²) in [5, 5.41) is 5.00. The Morgan fingerprint density at radius 2 is 1.93 bits per heavy atom. The van der Waals surface area contributed by atoms with Crippen molar-refractivity contribution in [2.45, 2.75) is 25.8 Å². The molecular formula is C20H19Cl2N5O2. The Labute approximate surface area is 178 Å². The molecule has 2 aromatic carbocycles. The number of nitrogens with zero attached hydrogens (tertiary/aromatic N) is 2. The Balaban J connectivity index is 1.62. The Kier molecular flexibility index (Phi) is 6.85. The number of rotatable bonds is 6. The van der Waals surface area contributed by atoms with Gasteiger partial charge in [-0.05, 0) is 24.6 Å². The minimum Gasteiger partial charge on any atom is -0.285 e. The minimum absolute atomic E-state index is 0.128. The van der Waals surface area contributed by atoms with Crippen LogP contribution in [0.4, 0.5) is 0 Å². The van der Waals surface area contributed by atoms with E-state index in [0.717, 1.165) is 5.56 Å². The molecule has 0 spiro atoms. The molecule has 1 atom stereocenters. The van der Waals surface area contributed by atoms with Gasteiger partial charge in [-0.3, -0.25) is 25.4 Å². The van der Waals surface area contributed by atoms with Gasteiger partial charge in [0.05, 0.1) is 17.2 Å². The van der Waals surface area contributed by atoms with Gasteiger partial charge < -0.3 is 0 Å².